The molecule has 2 aliphatic heterocycles. The molecule has 8 heteroatoms. The number of rotatable bonds is 5. The lowest BCUT2D eigenvalue weighted by Crippen LogP contribution is -2.39. The molecule has 3 aliphatic rings. The topological polar surface area (TPSA) is 75.5 Å². The second-order valence-corrected chi connectivity index (χ2v) is 7.65. The number of imide groups is 1. The van der Waals surface area contributed by atoms with Gasteiger partial charge < -0.3 is 4.90 Å². The average Bonchev–Trinajstić information content (AvgIpc) is 3.45. The van der Waals surface area contributed by atoms with E-state index in [1.165, 1.54) is 6.20 Å². The predicted octanol–water partition coefficient (Wildman–Crippen LogP) is 2.19. The van der Waals surface area contributed by atoms with Gasteiger partial charge in [0.05, 0.1) is 48.0 Å². The highest BCUT2D eigenvalue weighted by Crippen LogP contribution is 2.32. The highest BCUT2D eigenvalue weighted by Gasteiger charge is 2.38. The third kappa shape index (κ3) is 2.86. The highest BCUT2D eigenvalue weighted by molar-refractivity contribution is 6.21. The zero-order valence-electron chi connectivity index (χ0n) is 15.7. The molecule has 29 heavy (non-hydrogen) atoms. The first kappa shape index (κ1) is 17.8. The Balaban J connectivity index is 1.34. The molecule has 1 aliphatic carbocycles. The number of hydrogen-bond donors (Lipinski definition) is 0. The molecule has 3 amide bonds. The number of carbonyl (C=O) groups excluding carboxylic acids is 3. The Labute approximate surface area is 166 Å². The molecule has 0 radical (unpaired) electrons. The summed E-state index contributed by atoms with van der Waals surface area (Å²) in [4.78, 5) is 40.6. The van der Waals surface area contributed by atoms with Gasteiger partial charge in [0.2, 0.25) is 0 Å². The van der Waals surface area contributed by atoms with Crippen molar-refractivity contribution in [3.05, 3.63) is 64.7 Å². The Hall–Kier alpha value is -3.29. The van der Waals surface area contributed by atoms with Crippen LogP contribution in [0.5, 0.6) is 0 Å². The number of fused-ring (bicyclic) bond motifs is 2. The van der Waals surface area contributed by atoms with Crippen LogP contribution in [0.2, 0.25) is 0 Å². The molecule has 2 aromatic rings. The van der Waals surface area contributed by atoms with Crippen LogP contribution in [0, 0.1) is 0 Å². The lowest BCUT2D eigenvalue weighted by molar-refractivity contribution is 0.0665. The van der Waals surface area contributed by atoms with Crippen LogP contribution in [0.3, 0.4) is 0 Å². The standard InChI is InChI=1S/C21H19FN4O3/c22-9-13(11-25-19(27)15-3-1-2-4-16(15)20(25)28)12-26-18-7-8-24(14-5-6-14)21(29)17(18)10-23-26/h1-4,9-10,14H,5-8,11-12H2. The van der Waals surface area contributed by atoms with E-state index in [-0.39, 0.29) is 24.6 Å². The van der Waals surface area contributed by atoms with Crippen molar-refractivity contribution in [1.29, 1.82) is 0 Å². The summed E-state index contributed by atoms with van der Waals surface area (Å²) in [6, 6.07) is 6.91. The molecular formula is C21H19FN4O3. The van der Waals surface area contributed by atoms with E-state index in [0.717, 1.165) is 23.4 Å². The summed E-state index contributed by atoms with van der Waals surface area (Å²) in [6.07, 6.45) is 4.70. The Morgan fingerprint density at radius 2 is 1.72 bits per heavy atom. The second-order valence-electron chi connectivity index (χ2n) is 7.65. The summed E-state index contributed by atoms with van der Waals surface area (Å²) in [5.41, 5.74) is 2.23. The van der Waals surface area contributed by atoms with Gasteiger partial charge >= 0.3 is 0 Å². The van der Waals surface area contributed by atoms with Gasteiger partial charge in [-0.3, -0.25) is 24.0 Å². The minimum absolute atomic E-state index is 0.0221. The molecule has 1 aromatic heterocycles. The van der Waals surface area contributed by atoms with Crippen molar-refractivity contribution >= 4 is 17.7 Å². The van der Waals surface area contributed by atoms with E-state index >= 15 is 0 Å². The van der Waals surface area contributed by atoms with Crippen LogP contribution < -0.4 is 0 Å². The quantitative estimate of drug-likeness (QED) is 0.729. The fourth-order valence-corrected chi connectivity index (χ4v) is 4.10. The SMILES string of the molecule is O=C1c2ccccc2C(=O)N1CC(=CF)Cn1ncc2c1CCN(C1CC1)C2=O. The molecule has 1 aromatic carbocycles. The summed E-state index contributed by atoms with van der Waals surface area (Å²) in [5.74, 6) is -0.878. The van der Waals surface area contributed by atoms with E-state index in [4.69, 9.17) is 0 Å². The molecule has 1 saturated carbocycles. The first-order chi connectivity index (χ1) is 14.1. The van der Waals surface area contributed by atoms with Crippen molar-refractivity contribution in [2.24, 2.45) is 0 Å². The molecule has 5 rings (SSSR count). The Morgan fingerprint density at radius 1 is 1.03 bits per heavy atom. The number of aromatic nitrogens is 2. The zero-order chi connectivity index (χ0) is 20.1. The van der Waals surface area contributed by atoms with Crippen LogP contribution in [0.15, 0.2) is 42.4 Å². The van der Waals surface area contributed by atoms with E-state index < -0.39 is 11.8 Å². The average molecular weight is 394 g/mol. The Bertz CT molecular complexity index is 1030. The van der Waals surface area contributed by atoms with Gasteiger partial charge in [0, 0.05) is 19.0 Å². The van der Waals surface area contributed by atoms with Crippen LogP contribution in [0.25, 0.3) is 0 Å². The van der Waals surface area contributed by atoms with Gasteiger partial charge in [0.25, 0.3) is 17.7 Å². The molecule has 0 N–H and O–H groups in total. The third-order valence-electron chi connectivity index (χ3n) is 5.76. The van der Waals surface area contributed by atoms with E-state index in [9.17, 15) is 18.8 Å². The minimum Gasteiger partial charge on any atom is -0.335 e. The van der Waals surface area contributed by atoms with Gasteiger partial charge in [0.15, 0.2) is 0 Å². The lowest BCUT2D eigenvalue weighted by Gasteiger charge is -2.27. The molecule has 148 valence electrons. The van der Waals surface area contributed by atoms with Gasteiger partial charge in [-0.15, -0.1) is 0 Å². The number of hydrogen-bond acceptors (Lipinski definition) is 4. The monoisotopic (exact) mass is 394 g/mol. The minimum atomic E-state index is -0.428. The van der Waals surface area contributed by atoms with Crippen molar-refractivity contribution in [1.82, 2.24) is 19.6 Å². The van der Waals surface area contributed by atoms with Gasteiger partial charge in [-0.05, 0) is 30.5 Å². The Kier molecular flexibility index (Phi) is 4.08. The molecule has 3 heterocycles. The number of amides is 3. The highest BCUT2D eigenvalue weighted by atomic mass is 19.1. The summed E-state index contributed by atoms with van der Waals surface area (Å²) in [7, 11) is 0. The molecule has 1 fully saturated rings. The largest absolute Gasteiger partial charge is 0.335 e. The van der Waals surface area contributed by atoms with Crippen molar-refractivity contribution < 1.29 is 18.8 Å². The van der Waals surface area contributed by atoms with Crippen LogP contribution in [-0.4, -0.2) is 56.4 Å². The normalized spacial score (nSPS) is 19.1. The Morgan fingerprint density at radius 3 is 2.34 bits per heavy atom. The summed E-state index contributed by atoms with van der Waals surface area (Å²) < 4.78 is 15.2. The molecule has 0 unspecified atom stereocenters. The van der Waals surface area contributed by atoms with Crippen LogP contribution in [0.1, 0.15) is 49.6 Å². The van der Waals surface area contributed by atoms with Gasteiger partial charge in [-0.2, -0.15) is 5.10 Å². The molecule has 0 spiro atoms. The molecule has 7 nitrogen and oxygen atoms in total. The first-order valence-electron chi connectivity index (χ1n) is 9.67. The smallest absolute Gasteiger partial charge is 0.261 e. The molecule has 0 saturated heterocycles. The van der Waals surface area contributed by atoms with Crippen molar-refractivity contribution in [2.75, 3.05) is 13.1 Å². The van der Waals surface area contributed by atoms with E-state index in [2.05, 4.69) is 5.10 Å². The number of halogens is 1. The van der Waals surface area contributed by atoms with Crippen LogP contribution >= 0.6 is 0 Å². The third-order valence-corrected chi connectivity index (χ3v) is 5.76. The van der Waals surface area contributed by atoms with E-state index in [1.807, 2.05) is 4.90 Å². The fraction of sp³-hybridized carbons (Fsp3) is 0.333. The molecular weight excluding hydrogens is 375 g/mol. The number of carbonyl (C=O) groups is 3. The summed E-state index contributed by atoms with van der Waals surface area (Å²) >= 11 is 0. The summed E-state index contributed by atoms with van der Waals surface area (Å²) in [5, 5.41) is 4.28. The van der Waals surface area contributed by atoms with Gasteiger partial charge in [-0.1, -0.05) is 12.1 Å². The zero-order valence-corrected chi connectivity index (χ0v) is 15.7. The van der Waals surface area contributed by atoms with Gasteiger partial charge in [-0.25, -0.2) is 4.39 Å². The maximum Gasteiger partial charge on any atom is 0.261 e. The molecule has 0 atom stereocenters. The van der Waals surface area contributed by atoms with Gasteiger partial charge in [0.1, 0.15) is 0 Å². The van der Waals surface area contributed by atoms with E-state index in [1.54, 1.807) is 28.9 Å². The maximum absolute atomic E-state index is 13.6. The number of benzene rings is 1. The van der Waals surface area contributed by atoms with Crippen molar-refractivity contribution in [3.63, 3.8) is 0 Å². The predicted molar refractivity (Wildman–Crippen MR) is 101 cm³/mol. The fourth-order valence-electron chi connectivity index (χ4n) is 4.10. The van der Waals surface area contributed by atoms with Crippen LogP contribution in [0.4, 0.5) is 4.39 Å². The van der Waals surface area contributed by atoms with Crippen molar-refractivity contribution in [2.45, 2.75) is 31.8 Å². The second kappa shape index (κ2) is 6.65. The molecule has 0 bridgehead atoms. The van der Waals surface area contributed by atoms with E-state index in [0.29, 0.717) is 42.0 Å². The van der Waals surface area contributed by atoms with Crippen molar-refractivity contribution in [3.8, 4) is 0 Å². The first-order valence-corrected chi connectivity index (χ1v) is 9.67. The summed E-state index contributed by atoms with van der Waals surface area (Å²) in [6.45, 7) is 0.560. The van der Waals surface area contributed by atoms with Crippen LogP contribution in [-0.2, 0) is 13.0 Å². The maximum atomic E-state index is 13.6. The lowest BCUT2D eigenvalue weighted by atomic mass is 10.1. The number of nitrogens with zero attached hydrogens (tertiary/aromatic N) is 4.